The molecule has 1 atom stereocenters. The number of hydrogen-bond donors (Lipinski definition) is 0. The third kappa shape index (κ3) is 5.08. The van der Waals surface area contributed by atoms with Crippen LogP contribution in [0.3, 0.4) is 0 Å². The highest BCUT2D eigenvalue weighted by Crippen LogP contribution is 2.43. The van der Waals surface area contributed by atoms with Gasteiger partial charge in [-0.3, -0.25) is 4.79 Å². The Morgan fingerprint density at radius 3 is 1.81 bits per heavy atom. The van der Waals surface area contributed by atoms with Gasteiger partial charge in [0, 0.05) is 23.1 Å². The van der Waals surface area contributed by atoms with Gasteiger partial charge in [-0.05, 0) is 61.1 Å². The number of anilines is 2. The number of hydrogen-bond acceptors (Lipinski definition) is 2. The number of carbonyl (C=O) groups is 1. The number of carbonyl (C=O) groups excluding carboxylic acids is 1. The first-order valence-corrected chi connectivity index (χ1v) is 12.7. The van der Waals surface area contributed by atoms with E-state index in [0.29, 0.717) is 6.42 Å². The molecule has 0 bridgehead atoms. The van der Waals surface area contributed by atoms with E-state index in [-0.39, 0.29) is 5.78 Å². The summed E-state index contributed by atoms with van der Waals surface area (Å²) >= 11 is 0. The molecule has 178 valence electrons. The van der Waals surface area contributed by atoms with Crippen LogP contribution in [0.2, 0.25) is 0 Å². The predicted molar refractivity (Wildman–Crippen MR) is 150 cm³/mol. The molecular formula is C34H31NO. The van der Waals surface area contributed by atoms with Crippen molar-refractivity contribution >= 4 is 23.2 Å². The van der Waals surface area contributed by atoms with Gasteiger partial charge in [0.15, 0.2) is 5.78 Å². The van der Waals surface area contributed by atoms with Crippen molar-refractivity contribution in [3.63, 3.8) is 0 Å². The highest BCUT2D eigenvalue weighted by Gasteiger charge is 2.43. The summed E-state index contributed by atoms with van der Waals surface area (Å²) in [5.74, 6) is 0.231. The molecule has 5 rings (SSSR count). The SMILES string of the molecule is O=C1/C(=C/N(c2ccccc2)c2ccccc2)CCCC1(C/C=C\c1ccccc1)c1ccccc1. The van der Waals surface area contributed by atoms with Crippen molar-refractivity contribution in [3.05, 3.63) is 150 Å². The van der Waals surface area contributed by atoms with Crippen molar-refractivity contribution in [2.45, 2.75) is 31.1 Å². The van der Waals surface area contributed by atoms with Crippen molar-refractivity contribution in [2.75, 3.05) is 4.90 Å². The maximum atomic E-state index is 14.4. The van der Waals surface area contributed by atoms with E-state index in [1.165, 1.54) is 0 Å². The van der Waals surface area contributed by atoms with Crippen molar-refractivity contribution in [1.82, 2.24) is 0 Å². The van der Waals surface area contributed by atoms with Gasteiger partial charge in [0.1, 0.15) is 0 Å². The number of allylic oxidation sites excluding steroid dienone is 2. The third-order valence-corrected chi connectivity index (χ3v) is 7.03. The number of benzene rings is 4. The summed E-state index contributed by atoms with van der Waals surface area (Å²) in [7, 11) is 0. The zero-order chi connectivity index (χ0) is 24.6. The average molecular weight is 470 g/mol. The van der Waals surface area contributed by atoms with Gasteiger partial charge in [0.05, 0.1) is 5.41 Å². The molecule has 4 aromatic carbocycles. The summed E-state index contributed by atoms with van der Waals surface area (Å²) in [6.45, 7) is 0. The van der Waals surface area contributed by atoms with E-state index in [9.17, 15) is 4.79 Å². The van der Waals surface area contributed by atoms with E-state index >= 15 is 0 Å². The molecule has 1 aliphatic carbocycles. The van der Waals surface area contributed by atoms with E-state index in [2.05, 4.69) is 71.8 Å². The van der Waals surface area contributed by atoms with Gasteiger partial charge in [0.25, 0.3) is 0 Å². The van der Waals surface area contributed by atoms with Crippen LogP contribution in [0.25, 0.3) is 6.08 Å². The Bertz CT molecular complexity index is 1290. The lowest BCUT2D eigenvalue weighted by atomic mass is 9.65. The van der Waals surface area contributed by atoms with Gasteiger partial charge in [-0.15, -0.1) is 0 Å². The molecule has 1 unspecified atom stereocenters. The topological polar surface area (TPSA) is 20.3 Å². The molecule has 2 heteroatoms. The van der Waals surface area contributed by atoms with Crippen LogP contribution in [0.1, 0.15) is 36.8 Å². The zero-order valence-corrected chi connectivity index (χ0v) is 20.5. The van der Waals surface area contributed by atoms with Crippen LogP contribution in [0.4, 0.5) is 11.4 Å². The Balaban J connectivity index is 1.54. The lowest BCUT2D eigenvalue weighted by molar-refractivity contribution is -0.122. The van der Waals surface area contributed by atoms with Gasteiger partial charge in [0.2, 0.25) is 0 Å². The second kappa shape index (κ2) is 11.0. The van der Waals surface area contributed by atoms with Crippen LogP contribution in [-0.2, 0) is 10.2 Å². The van der Waals surface area contributed by atoms with Crippen molar-refractivity contribution in [3.8, 4) is 0 Å². The maximum Gasteiger partial charge on any atom is 0.171 e. The Morgan fingerprint density at radius 1 is 0.694 bits per heavy atom. The third-order valence-electron chi connectivity index (χ3n) is 7.03. The standard InChI is InChI=1S/C34H31NO/c36-33-29(27-35(31-21-9-3-10-22-31)32-23-11-4-12-24-32)18-14-26-34(33,30-19-7-2-8-20-30)25-13-17-28-15-5-1-6-16-28/h1-13,15-17,19-24,27H,14,18,25-26H2/b17-13-,29-27+. The minimum absolute atomic E-state index is 0.231. The predicted octanol–water partition coefficient (Wildman–Crippen LogP) is 8.50. The van der Waals surface area contributed by atoms with Crippen molar-refractivity contribution in [1.29, 1.82) is 0 Å². The molecule has 1 aliphatic rings. The van der Waals surface area contributed by atoms with Gasteiger partial charge >= 0.3 is 0 Å². The lowest BCUT2D eigenvalue weighted by Gasteiger charge is -2.37. The number of Topliss-reactive ketones (excluding diaryl/α,β-unsaturated/α-hetero) is 1. The van der Waals surface area contributed by atoms with E-state index in [1.54, 1.807) is 0 Å². The van der Waals surface area contributed by atoms with E-state index in [0.717, 1.165) is 47.3 Å². The van der Waals surface area contributed by atoms with Gasteiger partial charge in [-0.1, -0.05) is 109 Å². The molecule has 0 heterocycles. The van der Waals surface area contributed by atoms with E-state index < -0.39 is 5.41 Å². The summed E-state index contributed by atoms with van der Waals surface area (Å²) < 4.78 is 0. The zero-order valence-electron chi connectivity index (χ0n) is 20.5. The molecule has 2 nitrogen and oxygen atoms in total. The van der Waals surface area contributed by atoms with Gasteiger partial charge in [-0.25, -0.2) is 0 Å². The molecule has 4 aromatic rings. The summed E-state index contributed by atoms with van der Waals surface area (Å²) in [6.07, 6.45) is 9.67. The highest BCUT2D eigenvalue weighted by atomic mass is 16.1. The Hall–Kier alpha value is -4.17. The molecule has 0 spiro atoms. The summed E-state index contributed by atoms with van der Waals surface area (Å²) in [5, 5.41) is 0. The van der Waals surface area contributed by atoms with Gasteiger partial charge in [-0.2, -0.15) is 0 Å². The second-order valence-corrected chi connectivity index (χ2v) is 9.34. The Morgan fingerprint density at radius 2 is 1.22 bits per heavy atom. The molecular weight excluding hydrogens is 438 g/mol. The molecule has 0 N–H and O–H groups in total. The van der Waals surface area contributed by atoms with E-state index in [4.69, 9.17) is 0 Å². The minimum atomic E-state index is -0.560. The Kier molecular flexibility index (Phi) is 7.23. The maximum absolute atomic E-state index is 14.4. The Labute approximate surface area is 214 Å². The molecule has 0 aliphatic heterocycles. The molecule has 36 heavy (non-hydrogen) atoms. The fourth-order valence-corrected chi connectivity index (χ4v) is 5.17. The lowest BCUT2D eigenvalue weighted by Crippen LogP contribution is -2.40. The van der Waals surface area contributed by atoms with Crippen molar-refractivity contribution < 1.29 is 4.79 Å². The van der Waals surface area contributed by atoms with Crippen LogP contribution >= 0.6 is 0 Å². The first kappa shape index (κ1) is 23.6. The minimum Gasteiger partial charge on any atom is -0.317 e. The largest absolute Gasteiger partial charge is 0.317 e. The van der Waals surface area contributed by atoms with Crippen LogP contribution in [0, 0.1) is 0 Å². The molecule has 0 aromatic heterocycles. The first-order valence-electron chi connectivity index (χ1n) is 12.7. The molecule has 0 amide bonds. The average Bonchev–Trinajstić information content (AvgIpc) is 2.95. The fraction of sp³-hybridized carbons (Fsp3) is 0.147. The van der Waals surface area contributed by atoms with Gasteiger partial charge < -0.3 is 4.90 Å². The molecule has 0 radical (unpaired) electrons. The van der Waals surface area contributed by atoms with Crippen LogP contribution in [0.15, 0.2) is 139 Å². The monoisotopic (exact) mass is 469 g/mol. The summed E-state index contributed by atoms with van der Waals surface area (Å²) in [4.78, 5) is 16.5. The first-order chi connectivity index (χ1) is 17.8. The molecule has 0 saturated heterocycles. The van der Waals surface area contributed by atoms with Crippen LogP contribution in [0.5, 0.6) is 0 Å². The normalized spacial score (nSPS) is 19.0. The smallest absolute Gasteiger partial charge is 0.171 e. The summed E-state index contributed by atoms with van der Waals surface area (Å²) in [6, 6.07) is 41.2. The number of para-hydroxylation sites is 2. The highest BCUT2D eigenvalue weighted by molar-refractivity contribution is 6.05. The van der Waals surface area contributed by atoms with Crippen molar-refractivity contribution in [2.24, 2.45) is 0 Å². The molecule has 1 fully saturated rings. The quantitative estimate of drug-likeness (QED) is 0.253. The summed E-state index contributed by atoms with van der Waals surface area (Å²) in [5.41, 5.74) is 4.66. The fourth-order valence-electron chi connectivity index (χ4n) is 5.17. The second-order valence-electron chi connectivity index (χ2n) is 9.34. The number of nitrogens with zero attached hydrogens (tertiary/aromatic N) is 1. The number of rotatable bonds is 7. The van der Waals surface area contributed by atoms with Crippen LogP contribution in [-0.4, -0.2) is 5.78 Å². The number of ketones is 1. The van der Waals surface area contributed by atoms with Crippen LogP contribution < -0.4 is 4.90 Å². The molecule has 1 saturated carbocycles. The van der Waals surface area contributed by atoms with E-state index in [1.807, 2.05) is 72.8 Å².